The van der Waals surface area contributed by atoms with Gasteiger partial charge < -0.3 is 10.1 Å². The van der Waals surface area contributed by atoms with Crippen molar-refractivity contribution in [2.75, 3.05) is 16.8 Å². The number of halogens is 4. The molecule has 1 N–H and O–H groups in total. The Bertz CT molecular complexity index is 963. The lowest BCUT2D eigenvalue weighted by Crippen LogP contribution is -2.51. The summed E-state index contributed by atoms with van der Waals surface area (Å²) in [6.07, 6.45) is -5.96. The van der Waals surface area contributed by atoms with Gasteiger partial charge in [-0.3, -0.25) is 19.3 Å². The summed E-state index contributed by atoms with van der Waals surface area (Å²) in [5, 5.41) is 2.37. The molecule has 2 aromatic carbocycles. The molecule has 0 aliphatic carbocycles. The molecule has 30 heavy (non-hydrogen) atoms. The molecule has 2 aromatic rings. The van der Waals surface area contributed by atoms with E-state index in [0.717, 1.165) is 4.47 Å². The summed E-state index contributed by atoms with van der Waals surface area (Å²) in [4.78, 5) is 37.1. The summed E-state index contributed by atoms with van der Waals surface area (Å²) in [5.41, 5.74) is 0.585. The molecule has 158 valence electrons. The summed E-state index contributed by atoms with van der Waals surface area (Å²) in [6.45, 7) is -0.884. The first kappa shape index (κ1) is 21.8. The fourth-order valence-corrected chi connectivity index (χ4v) is 3.29. The number of amides is 2. The first-order valence-corrected chi connectivity index (χ1v) is 9.62. The van der Waals surface area contributed by atoms with E-state index >= 15 is 0 Å². The topological polar surface area (TPSA) is 75.7 Å². The van der Waals surface area contributed by atoms with Crippen molar-refractivity contribution in [3.8, 4) is 0 Å². The normalized spacial score (nSPS) is 16.3. The Balaban J connectivity index is 1.78. The Morgan fingerprint density at radius 2 is 1.80 bits per heavy atom. The predicted molar refractivity (Wildman–Crippen MR) is 106 cm³/mol. The molecule has 1 aliphatic rings. The van der Waals surface area contributed by atoms with E-state index in [1.165, 1.54) is 24.3 Å². The number of ether oxygens (including phenoxy) is 1. The fourth-order valence-electron chi connectivity index (χ4n) is 3.03. The number of alkyl halides is 3. The van der Waals surface area contributed by atoms with Crippen molar-refractivity contribution in [3.63, 3.8) is 0 Å². The smallest absolute Gasteiger partial charge is 0.409 e. The van der Waals surface area contributed by atoms with Crippen LogP contribution in [0.15, 0.2) is 53.0 Å². The second-order valence-electron chi connectivity index (χ2n) is 6.55. The number of esters is 1. The van der Waals surface area contributed by atoms with Crippen LogP contribution >= 0.6 is 15.9 Å². The zero-order chi connectivity index (χ0) is 21.9. The second kappa shape index (κ2) is 8.86. The number of fused-ring (bicyclic) bond motifs is 1. The third-order valence-corrected chi connectivity index (χ3v) is 4.92. The minimum absolute atomic E-state index is 0.0730. The molecule has 10 heteroatoms. The van der Waals surface area contributed by atoms with Crippen LogP contribution in [0, 0.1) is 0 Å². The van der Waals surface area contributed by atoms with Crippen LogP contribution in [0.3, 0.4) is 0 Å². The molecule has 0 aromatic heterocycles. The summed E-state index contributed by atoms with van der Waals surface area (Å²) in [7, 11) is 0. The van der Waals surface area contributed by atoms with Crippen molar-refractivity contribution in [2.24, 2.45) is 0 Å². The molecule has 0 bridgehead atoms. The van der Waals surface area contributed by atoms with Gasteiger partial charge >= 0.3 is 12.1 Å². The highest BCUT2D eigenvalue weighted by atomic mass is 79.9. The summed E-state index contributed by atoms with van der Waals surface area (Å²) in [5.74, 6) is -2.70. The number of para-hydroxylation sites is 2. The monoisotopic (exact) mass is 484 g/mol. The van der Waals surface area contributed by atoms with Crippen molar-refractivity contribution in [1.82, 2.24) is 0 Å². The van der Waals surface area contributed by atoms with Crippen molar-refractivity contribution in [3.05, 3.63) is 58.6 Å². The molecule has 0 radical (unpaired) electrons. The highest BCUT2D eigenvalue weighted by Crippen LogP contribution is 2.37. The molecule has 1 aliphatic heterocycles. The molecule has 0 fully saturated rings. The average Bonchev–Trinajstić information content (AvgIpc) is 2.83. The molecule has 2 amide bonds. The van der Waals surface area contributed by atoms with Crippen LogP contribution in [-0.4, -0.2) is 36.6 Å². The van der Waals surface area contributed by atoms with Gasteiger partial charge in [0.15, 0.2) is 6.61 Å². The fraction of sp³-hybridized carbons (Fsp3) is 0.250. The van der Waals surface area contributed by atoms with E-state index in [0.29, 0.717) is 10.5 Å². The lowest BCUT2D eigenvalue weighted by molar-refractivity contribution is -0.160. The molecule has 0 spiro atoms. The maximum atomic E-state index is 13.6. The Morgan fingerprint density at radius 3 is 2.47 bits per heavy atom. The molecule has 0 saturated carbocycles. The maximum Gasteiger partial charge on any atom is 0.409 e. The van der Waals surface area contributed by atoms with E-state index in [9.17, 15) is 27.6 Å². The highest BCUT2D eigenvalue weighted by Gasteiger charge is 2.49. The van der Waals surface area contributed by atoms with E-state index in [4.69, 9.17) is 4.74 Å². The van der Waals surface area contributed by atoms with E-state index < -0.39 is 43.0 Å². The first-order chi connectivity index (χ1) is 14.1. The molecule has 1 atom stereocenters. The number of benzene rings is 2. The van der Waals surface area contributed by atoms with Gasteiger partial charge in [-0.1, -0.05) is 40.2 Å². The molecule has 1 heterocycles. The van der Waals surface area contributed by atoms with E-state index in [1.54, 1.807) is 24.3 Å². The number of carbonyl (C=O) groups excluding carboxylic acids is 3. The molecule has 6 nitrogen and oxygen atoms in total. The zero-order valence-corrected chi connectivity index (χ0v) is 17.0. The van der Waals surface area contributed by atoms with Crippen LogP contribution in [0.4, 0.5) is 24.5 Å². The van der Waals surface area contributed by atoms with Gasteiger partial charge in [0.2, 0.25) is 5.91 Å². The Kier molecular flexibility index (Phi) is 6.45. The number of hydrogen-bond donors (Lipinski definition) is 1. The van der Waals surface area contributed by atoms with Gasteiger partial charge in [-0.05, 0) is 29.8 Å². The van der Waals surface area contributed by atoms with Crippen LogP contribution in [0.2, 0.25) is 0 Å². The quantitative estimate of drug-likeness (QED) is 0.669. The van der Waals surface area contributed by atoms with Crippen LogP contribution in [0.25, 0.3) is 0 Å². The average molecular weight is 485 g/mol. The first-order valence-electron chi connectivity index (χ1n) is 8.83. The standard InChI is InChI=1S/C20H16BrF3N2O4/c21-13-7-5-12(6-8-13)9-19(29)30-11-18(28)26-15-4-2-1-3-14(15)25-17(27)10-16(26)20(22,23)24/h1-8,16H,9-11H2,(H,25,27). The number of carbonyl (C=O) groups is 3. The number of anilines is 2. The molecular formula is C20H16BrF3N2O4. The molecule has 3 rings (SSSR count). The van der Waals surface area contributed by atoms with Crippen LogP contribution < -0.4 is 10.2 Å². The van der Waals surface area contributed by atoms with Gasteiger partial charge in [0.05, 0.1) is 24.2 Å². The predicted octanol–water partition coefficient (Wildman–Crippen LogP) is 3.84. The zero-order valence-electron chi connectivity index (χ0n) is 15.4. The van der Waals surface area contributed by atoms with E-state index in [2.05, 4.69) is 21.2 Å². The maximum absolute atomic E-state index is 13.6. The largest absolute Gasteiger partial charge is 0.455 e. The van der Waals surface area contributed by atoms with Crippen molar-refractivity contribution < 1.29 is 32.3 Å². The van der Waals surface area contributed by atoms with Gasteiger partial charge in [-0.2, -0.15) is 13.2 Å². The molecule has 1 unspecified atom stereocenters. The van der Waals surface area contributed by atoms with Crippen molar-refractivity contribution in [1.29, 1.82) is 0 Å². The van der Waals surface area contributed by atoms with Gasteiger partial charge in [0.1, 0.15) is 6.04 Å². The van der Waals surface area contributed by atoms with E-state index in [1.807, 2.05) is 0 Å². The lowest BCUT2D eigenvalue weighted by atomic mass is 10.1. The van der Waals surface area contributed by atoms with Crippen LogP contribution in [0.1, 0.15) is 12.0 Å². The summed E-state index contributed by atoms with van der Waals surface area (Å²) in [6, 6.07) is 10.1. The highest BCUT2D eigenvalue weighted by molar-refractivity contribution is 9.10. The Hall–Kier alpha value is -2.88. The summed E-state index contributed by atoms with van der Waals surface area (Å²) < 4.78 is 46.6. The van der Waals surface area contributed by atoms with Crippen LogP contribution in [-0.2, 0) is 25.5 Å². The van der Waals surface area contributed by atoms with Gasteiger partial charge in [0, 0.05) is 4.47 Å². The van der Waals surface area contributed by atoms with Gasteiger partial charge in [-0.15, -0.1) is 0 Å². The number of nitrogens with zero attached hydrogens (tertiary/aromatic N) is 1. The van der Waals surface area contributed by atoms with Crippen molar-refractivity contribution in [2.45, 2.75) is 25.1 Å². The van der Waals surface area contributed by atoms with Gasteiger partial charge in [0.25, 0.3) is 5.91 Å². The molecular weight excluding hydrogens is 469 g/mol. The van der Waals surface area contributed by atoms with Crippen LogP contribution in [0.5, 0.6) is 0 Å². The Morgan fingerprint density at radius 1 is 1.13 bits per heavy atom. The second-order valence-corrected chi connectivity index (χ2v) is 7.47. The summed E-state index contributed by atoms with van der Waals surface area (Å²) >= 11 is 3.26. The number of hydrogen-bond acceptors (Lipinski definition) is 4. The third kappa shape index (κ3) is 5.18. The minimum atomic E-state index is -4.86. The third-order valence-electron chi connectivity index (χ3n) is 4.39. The van der Waals surface area contributed by atoms with Gasteiger partial charge in [-0.25, -0.2) is 0 Å². The van der Waals surface area contributed by atoms with E-state index in [-0.39, 0.29) is 17.8 Å². The number of nitrogens with one attached hydrogen (secondary N) is 1. The van der Waals surface area contributed by atoms with Crippen molar-refractivity contribution >= 4 is 45.1 Å². The minimum Gasteiger partial charge on any atom is -0.455 e. The molecule has 0 saturated heterocycles. The SMILES string of the molecule is O=C1CC(C(F)(F)F)N(C(=O)COC(=O)Cc2ccc(Br)cc2)c2ccccc2N1. The lowest BCUT2D eigenvalue weighted by Gasteiger charge is -2.31. The Labute approximate surface area is 178 Å². The number of rotatable bonds is 4.